The summed E-state index contributed by atoms with van der Waals surface area (Å²) in [4.78, 5) is 22.9. The minimum absolute atomic E-state index is 0.0335. The van der Waals surface area contributed by atoms with Crippen molar-refractivity contribution in [1.82, 2.24) is 5.32 Å². The number of aliphatic carboxylic acids is 1. The van der Waals surface area contributed by atoms with E-state index < -0.39 is 5.97 Å². The molecule has 0 aromatic heterocycles. The van der Waals surface area contributed by atoms with E-state index in [1.54, 1.807) is 6.08 Å². The topological polar surface area (TPSA) is 66.4 Å². The Morgan fingerprint density at radius 3 is 2.76 bits per heavy atom. The van der Waals surface area contributed by atoms with Gasteiger partial charge in [-0.3, -0.25) is 9.59 Å². The fourth-order valence-corrected chi connectivity index (χ4v) is 2.73. The maximum absolute atomic E-state index is 11.9. The third-order valence-corrected chi connectivity index (χ3v) is 3.97. The second kappa shape index (κ2) is 7.07. The molecule has 1 aromatic rings. The first-order chi connectivity index (χ1) is 10.1. The van der Waals surface area contributed by atoms with E-state index >= 15 is 0 Å². The predicted octanol–water partition coefficient (Wildman–Crippen LogP) is 2.77. The summed E-state index contributed by atoms with van der Waals surface area (Å²) in [6.45, 7) is 2.00. The van der Waals surface area contributed by atoms with Crippen LogP contribution >= 0.6 is 0 Å². The molecule has 0 aliphatic heterocycles. The van der Waals surface area contributed by atoms with Crippen LogP contribution in [0.5, 0.6) is 0 Å². The second-order valence-corrected chi connectivity index (χ2v) is 5.60. The van der Waals surface area contributed by atoms with Crippen LogP contribution in [0, 0.1) is 12.8 Å². The third-order valence-electron chi connectivity index (χ3n) is 3.97. The molecule has 0 saturated heterocycles. The van der Waals surface area contributed by atoms with Crippen molar-refractivity contribution in [3.63, 3.8) is 0 Å². The summed E-state index contributed by atoms with van der Waals surface area (Å²) in [6, 6.07) is 7.81. The van der Waals surface area contributed by atoms with Crippen LogP contribution in [0.1, 0.15) is 36.8 Å². The molecule has 0 spiro atoms. The normalized spacial score (nSPS) is 22.1. The van der Waals surface area contributed by atoms with Gasteiger partial charge in [-0.2, -0.15) is 0 Å². The number of carboxylic acids is 1. The number of hydrogen-bond donors (Lipinski definition) is 2. The molecule has 1 aliphatic carbocycles. The maximum atomic E-state index is 11.9. The number of carboxylic acid groups (broad SMARTS) is 1. The molecule has 0 bridgehead atoms. The van der Waals surface area contributed by atoms with E-state index in [-0.39, 0.29) is 17.9 Å². The highest BCUT2D eigenvalue weighted by molar-refractivity contribution is 5.92. The molecule has 21 heavy (non-hydrogen) atoms. The molecule has 2 rings (SSSR count). The Morgan fingerprint density at radius 2 is 2.05 bits per heavy atom. The van der Waals surface area contributed by atoms with Crippen LogP contribution in [-0.4, -0.2) is 23.0 Å². The van der Waals surface area contributed by atoms with E-state index in [0.717, 1.165) is 24.0 Å². The van der Waals surface area contributed by atoms with Crippen LogP contribution < -0.4 is 5.32 Å². The zero-order chi connectivity index (χ0) is 15.2. The Bertz CT molecular complexity index is 551. The minimum atomic E-state index is -0.760. The number of nitrogens with one attached hydrogen (secondary N) is 1. The molecule has 2 unspecified atom stereocenters. The van der Waals surface area contributed by atoms with Crippen molar-refractivity contribution in [3.8, 4) is 0 Å². The maximum Gasteiger partial charge on any atom is 0.306 e. The lowest BCUT2D eigenvalue weighted by atomic mass is 9.86. The standard InChI is InChI=1S/C17H21NO3/c1-12-5-2-3-6-13(12)9-10-16(19)18-15-8-4-7-14(11-15)17(20)21/h2-3,5-6,9-10,14-15H,4,7-8,11H2,1H3,(H,18,19)(H,20,21). The first kappa shape index (κ1) is 15.3. The van der Waals surface area contributed by atoms with Gasteiger partial charge in [-0.1, -0.05) is 30.7 Å². The van der Waals surface area contributed by atoms with Crippen molar-refractivity contribution in [1.29, 1.82) is 0 Å². The zero-order valence-corrected chi connectivity index (χ0v) is 12.2. The molecule has 2 N–H and O–H groups in total. The van der Waals surface area contributed by atoms with Gasteiger partial charge in [-0.05, 0) is 43.4 Å². The van der Waals surface area contributed by atoms with Gasteiger partial charge in [-0.25, -0.2) is 0 Å². The quantitative estimate of drug-likeness (QED) is 0.837. The largest absolute Gasteiger partial charge is 0.481 e. The number of carbonyl (C=O) groups excluding carboxylic acids is 1. The molecule has 4 nitrogen and oxygen atoms in total. The fraction of sp³-hybridized carbons (Fsp3) is 0.412. The summed E-state index contributed by atoms with van der Waals surface area (Å²) < 4.78 is 0. The zero-order valence-electron chi connectivity index (χ0n) is 12.2. The van der Waals surface area contributed by atoms with Crippen LogP contribution in [0.4, 0.5) is 0 Å². The molecule has 1 amide bonds. The van der Waals surface area contributed by atoms with Crippen LogP contribution in [0.25, 0.3) is 6.08 Å². The van der Waals surface area contributed by atoms with Gasteiger partial charge in [0.1, 0.15) is 0 Å². The third kappa shape index (κ3) is 4.45. The summed E-state index contributed by atoms with van der Waals surface area (Å²) in [5.74, 6) is -1.25. The summed E-state index contributed by atoms with van der Waals surface area (Å²) >= 11 is 0. The molecule has 2 atom stereocenters. The summed E-state index contributed by atoms with van der Waals surface area (Å²) in [5.41, 5.74) is 2.13. The van der Waals surface area contributed by atoms with Gasteiger partial charge in [0.05, 0.1) is 5.92 Å². The lowest BCUT2D eigenvalue weighted by Gasteiger charge is -2.26. The number of rotatable bonds is 4. The van der Waals surface area contributed by atoms with Crippen LogP contribution in [-0.2, 0) is 9.59 Å². The van der Waals surface area contributed by atoms with E-state index in [1.165, 1.54) is 6.08 Å². The van der Waals surface area contributed by atoms with Crippen LogP contribution in [0.2, 0.25) is 0 Å². The highest BCUT2D eigenvalue weighted by Crippen LogP contribution is 2.24. The van der Waals surface area contributed by atoms with E-state index in [9.17, 15) is 9.59 Å². The summed E-state index contributed by atoms with van der Waals surface area (Å²) in [5, 5.41) is 12.0. The molecule has 0 radical (unpaired) electrons. The smallest absolute Gasteiger partial charge is 0.306 e. The van der Waals surface area contributed by atoms with Crippen molar-refractivity contribution < 1.29 is 14.7 Å². The highest BCUT2D eigenvalue weighted by Gasteiger charge is 2.27. The number of aryl methyl sites for hydroxylation is 1. The van der Waals surface area contributed by atoms with Gasteiger partial charge in [0.25, 0.3) is 0 Å². The molecule has 0 heterocycles. The summed E-state index contributed by atoms with van der Waals surface area (Å²) in [7, 11) is 0. The highest BCUT2D eigenvalue weighted by atomic mass is 16.4. The van der Waals surface area contributed by atoms with Gasteiger partial charge in [-0.15, -0.1) is 0 Å². The van der Waals surface area contributed by atoms with Gasteiger partial charge in [0.15, 0.2) is 0 Å². The van der Waals surface area contributed by atoms with Gasteiger partial charge < -0.3 is 10.4 Å². The number of hydrogen-bond acceptors (Lipinski definition) is 2. The molecule has 1 saturated carbocycles. The van der Waals surface area contributed by atoms with E-state index in [1.807, 2.05) is 31.2 Å². The number of carbonyl (C=O) groups is 2. The molecule has 4 heteroatoms. The average molecular weight is 287 g/mol. The van der Waals surface area contributed by atoms with Crippen molar-refractivity contribution in [2.45, 2.75) is 38.6 Å². The van der Waals surface area contributed by atoms with Crippen molar-refractivity contribution >= 4 is 18.0 Å². The lowest BCUT2D eigenvalue weighted by molar-refractivity contribution is -0.143. The lowest BCUT2D eigenvalue weighted by Crippen LogP contribution is -2.39. The Kier molecular flexibility index (Phi) is 5.14. The average Bonchev–Trinajstić information content (AvgIpc) is 2.46. The Balaban J connectivity index is 1.90. The SMILES string of the molecule is Cc1ccccc1C=CC(=O)NC1CCCC(C(=O)O)C1. The van der Waals surface area contributed by atoms with Gasteiger partial charge in [0, 0.05) is 12.1 Å². The molecule has 1 aliphatic rings. The molecular weight excluding hydrogens is 266 g/mol. The Labute approximate surface area is 124 Å². The minimum Gasteiger partial charge on any atom is -0.481 e. The first-order valence-corrected chi connectivity index (χ1v) is 7.33. The predicted molar refractivity (Wildman–Crippen MR) is 81.7 cm³/mol. The van der Waals surface area contributed by atoms with Crippen molar-refractivity contribution in [3.05, 3.63) is 41.5 Å². The fourth-order valence-electron chi connectivity index (χ4n) is 2.73. The Hall–Kier alpha value is -2.10. The van der Waals surface area contributed by atoms with Crippen molar-refractivity contribution in [2.75, 3.05) is 0 Å². The molecular formula is C17H21NO3. The van der Waals surface area contributed by atoms with Crippen LogP contribution in [0.15, 0.2) is 30.3 Å². The number of amides is 1. The van der Waals surface area contributed by atoms with Crippen LogP contribution in [0.3, 0.4) is 0 Å². The van der Waals surface area contributed by atoms with Gasteiger partial charge >= 0.3 is 5.97 Å². The molecule has 112 valence electrons. The van der Waals surface area contributed by atoms with E-state index in [0.29, 0.717) is 12.8 Å². The number of benzene rings is 1. The molecule has 1 aromatic carbocycles. The van der Waals surface area contributed by atoms with Crippen molar-refractivity contribution in [2.24, 2.45) is 5.92 Å². The first-order valence-electron chi connectivity index (χ1n) is 7.33. The second-order valence-electron chi connectivity index (χ2n) is 5.60. The van der Waals surface area contributed by atoms with E-state index in [2.05, 4.69) is 5.32 Å². The molecule has 1 fully saturated rings. The monoisotopic (exact) mass is 287 g/mol. The Morgan fingerprint density at radius 1 is 1.29 bits per heavy atom. The summed E-state index contributed by atoms with van der Waals surface area (Å²) in [6.07, 6.45) is 6.26. The van der Waals surface area contributed by atoms with E-state index in [4.69, 9.17) is 5.11 Å². The van der Waals surface area contributed by atoms with Gasteiger partial charge in [0.2, 0.25) is 5.91 Å².